The van der Waals surface area contributed by atoms with E-state index in [4.69, 9.17) is 4.74 Å². The fourth-order valence-electron chi connectivity index (χ4n) is 1.46. The van der Waals surface area contributed by atoms with E-state index in [1.807, 2.05) is 31.2 Å². The lowest BCUT2D eigenvalue weighted by Gasteiger charge is -2.09. The van der Waals surface area contributed by atoms with E-state index >= 15 is 0 Å². The van der Waals surface area contributed by atoms with E-state index in [2.05, 4.69) is 24.4 Å². The van der Waals surface area contributed by atoms with Crippen LogP contribution in [0.4, 0.5) is 0 Å². The summed E-state index contributed by atoms with van der Waals surface area (Å²) in [6, 6.07) is 8.10. The SMILES string of the molecule is CC=Cc1ccccc1OCCNCCC. The van der Waals surface area contributed by atoms with Crippen LogP contribution < -0.4 is 10.1 Å². The summed E-state index contributed by atoms with van der Waals surface area (Å²) >= 11 is 0. The maximum absolute atomic E-state index is 5.72. The number of rotatable bonds is 7. The minimum absolute atomic E-state index is 0.717. The first kappa shape index (κ1) is 12.8. The number of ether oxygens (including phenoxy) is 1. The highest BCUT2D eigenvalue weighted by Crippen LogP contribution is 2.18. The van der Waals surface area contributed by atoms with Crippen LogP contribution in [0.15, 0.2) is 30.3 Å². The Labute approximate surface area is 98.3 Å². The molecule has 16 heavy (non-hydrogen) atoms. The molecule has 1 aromatic rings. The summed E-state index contributed by atoms with van der Waals surface area (Å²) in [5.74, 6) is 0.957. The highest BCUT2D eigenvalue weighted by molar-refractivity contribution is 5.56. The molecule has 0 bridgehead atoms. The smallest absolute Gasteiger partial charge is 0.126 e. The summed E-state index contributed by atoms with van der Waals surface area (Å²) in [6.45, 7) is 6.85. The van der Waals surface area contributed by atoms with Crippen molar-refractivity contribution in [2.75, 3.05) is 19.7 Å². The van der Waals surface area contributed by atoms with E-state index in [0.717, 1.165) is 30.8 Å². The van der Waals surface area contributed by atoms with Gasteiger partial charge in [-0.1, -0.05) is 37.3 Å². The highest BCUT2D eigenvalue weighted by atomic mass is 16.5. The maximum atomic E-state index is 5.72. The lowest BCUT2D eigenvalue weighted by molar-refractivity contribution is 0.313. The molecular weight excluding hydrogens is 198 g/mol. The van der Waals surface area contributed by atoms with Crippen LogP contribution in [0, 0.1) is 0 Å². The van der Waals surface area contributed by atoms with Gasteiger partial charge in [-0.2, -0.15) is 0 Å². The predicted octanol–water partition coefficient (Wildman–Crippen LogP) is 3.10. The Kier molecular flexibility index (Phi) is 6.35. The lowest BCUT2D eigenvalue weighted by atomic mass is 10.2. The predicted molar refractivity (Wildman–Crippen MR) is 69.8 cm³/mol. The normalized spacial score (nSPS) is 10.9. The van der Waals surface area contributed by atoms with Crippen LogP contribution in [0.1, 0.15) is 25.8 Å². The quantitative estimate of drug-likeness (QED) is 0.711. The Morgan fingerprint density at radius 2 is 2.06 bits per heavy atom. The van der Waals surface area contributed by atoms with Gasteiger partial charge in [0.2, 0.25) is 0 Å². The molecule has 0 atom stereocenters. The molecule has 0 amide bonds. The van der Waals surface area contributed by atoms with Crippen LogP contribution in [-0.4, -0.2) is 19.7 Å². The standard InChI is InChI=1S/C14H21NO/c1-3-7-13-8-5-6-9-14(13)16-12-11-15-10-4-2/h3,5-9,15H,4,10-12H2,1-2H3. The third-order valence-corrected chi connectivity index (χ3v) is 2.23. The number of hydrogen-bond acceptors (Lipinski definition) is 2. The molecule has 1 aromatic carbocycles. The number of allylic oxidation sites excluding steroid dienone is 1. The average Bonchev–Trinajstić information content (AvgIpc) is 2.31. The fourth-order valence-corrected chi connectivity index (χ4v) is 1.46. The van der Waals surface area contributed by atoms with E-state index < -0.39 is 0 Å². The number of hydrogen-bond donors (Lipinski definition) is 1. The third-order valence-electron chi connectivity index (χ3n) is 2.23. The molecule has 0 aromatic heterocycles. The van der Waals surface area contributed by atoms with E-state index in [1.165, 1.54) is 0 Å². The average molecular weight is 219 g/mol. The Balaban J connectivity index is 2.40. The van der Waals surface area contributed by atoms with Crippen molar-refractivity contribution in [2.45, 2.75) is 20.3 Å². The van der Waals surface area contributed by atoms with Crippen molar-refractivity contribution in [3.05, 3.63) is 35.9 Å². The molecule has 0 aliphatic rings. The molecule has 1 rings (SSSR count). The Bertz CT molecular complexity index is 320. The molecule has 0 saturated carbocycles. The van der Waals surface area contributed by atoms with Gasteiger partial charge in [0, 0.05) is 12.1 Å². The summed E-state index contributed by atoms with van der Waals surface area (Å²) in [4.78, 5) is 0. The van der Waals surface area contributed by atoms with Gasteiger partial charge in [-0.15, -0.1) is 0 Å². The van der Waals surface area contributed by atoms with Gasteiger partial charge < -0.3 is 10.1 Å². The van der Waals surface area contributed by atoms with Crippen LogP contribution >= 0.6 is 0 Å². The van der Waals surface area contributed by atoms with Gasteiger partial charge in [-0.25, -0.2) is 0 Å². The van der Waals surface area contributed by atoms with Crippen LogP contribution in [0.5, 0.6) is 5.75 Å². The van der Waals surface area contributed by atoms with E-state index in [9.17, 15) is 0 Å². The minimum atomic E-state index is 0.717. The van der Waals surface area contributed by atoms with Gasteiger partial charge in [0.15, 0.2) is 0 Å². The van der Waals surface area contributed by atoms with Gasteiger partial charge in [0.25, 0.3) is 0 Å². The van der Waals surface area contributed by atoms with Crippen LogP contribution in [0.25, 0.3) is 6.08 Å². The van der Waals surface area contributed by atoms with Crippen LogP contribution in [0.2, 0.25) is 0 Å². The molecule has 2 nitrogen and oxygen atoms in total. The third kappa shape index (κ3) is 4.49. The molecular formula is C14H21NO. The lowest BCUT2D eigenvalue weighted by Crippen LogP contribution is -2.21. The van der Waals surface area contributed by atoms with Crippen molar-refractivity contribution in [1.29, 1.82) is 0 Å². The minimum Gasteiger partial charge on any atom is -0.492 e. The summed E-state index contributed by atoms with van der Waals surface area (Å²) < 4.78 is 5.72. The molecule has 0 unspecified atom stereocenters. The Hall–Kier alpha value is -1.28. The van der Waals surface area contributed by atoms with Gasteiger partial charge in [0.1, 0.15) is 12.4 Å². The van der Waals surface area contributed by atoms with E-state index in [-0.39, 0.29) is 0 Å². The first-order chi connectivity index (χ1) is 7.88. The number of para-hydroxylation sites is 1. The summed E-state index contributed by atoms with van der Waals surface area (Å²) in [5.41, 5.74) is 1.14. The van der Waals surface area contributed by atoms with E-state index in [0.29, 0.717) is 6.61 Å². The summed E-state index contributed by atoms with van der Waals surface area (Å²) in [7, 11) is 0. The first-order valence-electron chi connectivity index (χ1n) is 5.93. The Morgan fingerprint density at radius 3 is 2.81 bits per heavy atom. The van der Waals surface area contributed by atoms with E-state index in [1.54, 1.807) is 0 Å². The molecule has 0 fully saturated rings. The molecule has 0 saturated heterocycles. The zero-order valence-corrected chi connectivity index (χ0v) is 10.2. The largest absolute Gasteiger partial charge is 0.492 e. The topological polar surface area (TPSA) is 21.3 Å². The molecule has 0 aliphatic heterocycles. The van der Waals surface area contributed by atoms with Gasteiger partial charge in [-0.05, 0) is 26.0 Å². The van der Waals surface area contributed by atoms with Crippen molar-refractivity contribution in [2.24, 2.45) is 0 Å². The maximum Gasteiger partial charge on any atom is 0.126 e. The van der Waals surface area contributed by atoms with Gasteiger partial charge >= 0.3 is 0 Å². The monoisotopic (exact) mass is 219 g/mol. The molecule has 2 heteroatoms. The van der Waals surface area contributed by atoms with Gasteiger partial charge in [0.05, 0.1) is 0 Å². The molecule has 0 spiro atoms. The van der Waals surface area contributed by atoms with Crippen molar-refractivity contribution in [3.63, 3.8) is 0 Å². The first-order valence-corrected chi connectivity index (χ1v) is 5.93. The van der Waals surface area contributed by atoms with Crippen LogP contribution in [-0.2, 0) is 0 Å². The number of nitrogens with one attached hydrogen (secondary N) is 1. The molecule has 88 valence electrons. The van der Waals surface area contributed by atoms with Crippen molar-refractivity contribution < 1.29 is 4.74 Å². The second-order valence-electron chi connectivity index (χ2n) is 3.64. The van der Waals surface area contributed by atoms with Crippen LogP contribution in [0.3, 0.4) is 0 Å². The zero-order valence-electron chi connectivity index (χ0n) is 10.2. The molecule has 0 aliphatic carbocycles. The fraction of sp³-hybridized carbons (Fsp3) is 0.429. The second kappa shape index (κ2) is 7.94. The molecule has 0 radical (unpaired) electrons. The summed E-state index contributed by atoms with van der Waals surface area (Å²) in [6.07, 6.45) is 5.25. The van der Waals surface area contributed by atoms with Crippen molar-refractivity contribution in [1.82, 2.24) is 5.32 Å². The highest BCUT2D eigenvalue weighted by Gasteiger charge is 1.98. The number of benzene rings is 1. The Morgan fingerprint density at radius 1 is 1.25 bits per heavy atom. The molecule has 0 heterocycles. The molecule has 1 N–H and O–H groups in total. The van der Waals surface area contributed by atoms with Crippen molar-refractivity contribution >= 4 is 6.08 Å². The van der Waals surface area contributed by atoms with Gasteiger partial charge in [-0.3, -0.25) is 0 Å². The zero-order chi connectivity index (χ0) is 11.6. The van der Waals surface area contributed by atoms with Crippen molar-refractivity contribution in [3.8, 4) is 5.75 Å². The second-order valence-corrected chi connectivity index (χ2v) is 3.64. The summed E-state index contributed by atoms with van der Waals surface area (Å²) in [5, 5.41) is 3.31.